The van der Waals surface area contributed by atoms with Crippen LogP contribution < -0.4 is 5.32 Å². The minimum absolute atomic E-state index is 0.296. The van der Waals surface area contributed by atoms with Gasteiger partial charge in [-0.1, -0.05) is 11.8 Å². The van der Waals surface area contributed by atoms with E-state index in [9.17, 15) is 0 Å². The number of ether oxygens (including phenoxy) is 1. The molecule has 1 N–H and O–H groups in total. The van der Waals surface area contributed by atoms with Gasteiger partial charge in [0.1, 0.15) is 5.82 Å². The number of aryl methyl sites for hydroxylation is 1. The van der Waals surface area contributed by atoms with Gasteiger partial charge in [0.2, 0.25) is 0 Å². The molecule has 0 bridgehead atoms. The molecule has 4 heterocycles. The Morgan fingerprint density at radius 1 is 1.27 bits per heavy atom. The number of nitrogens with one attached hydrogen (secondary N) is 1. The number of thioether (sulfide) groups is 1. The quantitative estimate of drug-likeness (QED) is 0.749. The van der Waals surface area contributed by atoms with E-state index in [2.05, 4.69) is 38.2 Å². The molecule has 0 saturated carbocycles. The zero-order valence-corrected chi connectivity index (χ0v) is 16.2. The summed E-state index contributed by atoms with van der Waals surface area (Å²) in [5.41, 5.74) is 1.09. The smallest absolute Gasteiger partial charge is 0.191 e. The highest BCUT2D eigenvalue weighted by molar-refractivity contribution is 7.98. The third kappa shape index (κ3) is 4.13. The molecule has 1 atom stereocenters. The first-order valence-electron chi connectivity index (χ1n) is 9.74. The lowest BCUT2D eigenvalue weighted by molar-refractivity contribution is 0.0936. The van der Waals surface area contributed by atoms with Crippen LogP contribution in [0.5, 0.6) is 0 Å². The maximum atomic E-state index is 5.89. The van der Waals surface area contributed by atoms with Crippen LogP contribution in [0.15, 0.2) is 17.4 Å². The molecule has 26 heavy (non-hydrogen) atoms. The summed E-state index contributed by atoms with van der Waals surface area (Å²) < 4.78 is 10.2. The summed E-state index contributed by atoms with van der Waals surface area (Å²) in [6.45, 7) is 6.89. The van der Waals surface area contributed by atoms with Gasteiger partial charge < -0.3 is 14.6 Å². The third-order valence-corrected chi connectivity index (χ3v) is 6.23. The summed E-state index contributed by atoms with van der Waals surface area (Å²) in [5.74, 6) is 2.46. The first kappa shape index (κ1) is 18.0. The molecule has 4 rings (SSSR count). The van der Waals surface area contributed by atoms with Crippen LogP contribution in [-0.4, -0.2) is 50.3 Å². The summed E-state index contributed by atoms with van der Waals surface area (Å²) in [6, 6.07) is 2.09. The SMILES string of the molecule is CCn1ccc(CSc2nnc(C3CCNCC3)n2C[C@@H]2CCCO2)n1. The van der Waals surface area contributed by atoms with Gasteiger partial charge in [-0.3, -0.25) is 4.68 Å². The van der Waals surface area contributed by atoms with Crippen LogP contribution in [-0.2, 0) is 23.6 Å². The number of nitrogens with zero attached hydrogens (tertiary/aromatic N) is 5. The van der Waals surface area contributed by atoms with Gasteiger partial charge in [0.25, 0.3) is 0 Å². The van der Waals surface area contributed by atoms with Gasteiger partial charge in [0.15, 0.2) is 5.16 Å². The lowest BCUT2D eigenvalue weighted by Crippen LogP contribution is -2.29. The molecule has 2 aromatic heterocycles. The zero-order valence-electron chi connectivity index (χ0n) is 15.4. The second-order valence-corrected chi connectivity index (χ2v) is 8.00. The van der Waals surface area contributed by atoms with Gasteiger partial charge in [0, 0.05) is 31.0 Å². The summed E-state index contributed by atoms with van der Waals surface area (Å²) in [5, 5.41) is 18.2. The molecular weight excluding hydrogens is 348 g/mol. The van der Waals surface area contributed by atoms with Crippen molar-refractivity contribution in [2.75, 3.05) is 19.7 Å². The van der Waals surface area contributed by atoms with E-state index in [1.807, 2.05) is 10.9 Å². The standard InChI is InChI=1S/C18H28N6OS/c1-2-23-10-7-15(22-23)13-26-18-21-20-17(14-5-8-19-9-6-14)24(18)12-16-4-3-11-25-16/h7,10,14,16,19H,2-6,8-9,11-13H2,1H3/t16-/m0/s1. The van der Waals surface area contributed by atoms with E-state index in [4.69, 9.17) is 4.74 Å². The van der Waals surface area contributed by atoms with E-state index in [1.54, 1.807) is 11.8 Å². The van der Waals surface area contributed by atoms with Crippen LogP contribution in [0.1, 0.15) is 50.0 Å². The second kappa shape index (κ2) is 8.54. The largest absolute Gasteiger partial charge is 0.376 e. The average molecular weight is 377 g/mol. The topological polar surface area (TPSA) is 69.8 Å². The van der Waals surface area contributed by atoms with E-state index < -0.39 is 0 Å². The lowest BCUT2D eigenvalue weighted by atomic mass is 9.97. The van der Waals surface area contributed by atoms with E-state index in [0.717, 1.165) is 80.9 Å². The van der Waals surface area contributed by atoms with Gasteiger partial charge in [-0.05, 0) is 51.8 Å². The van der Waals surface area contributed by atoms with E-state index in [1.165, 1.54) is 0 Å². The Morgan fingerprint density at radius 3 is 2.88 bits per heavy atom. The number of hydrogen-bond acceptors (Lipinski definition) is 6. The third-order valence-electron chi connectivity index (χ3n) is 5.23. The number of rotatable bonds is 7. The lowest BCUT2D eigenvalue weighted by Gasteiger charge is -2.23. The molecule has 0 amide bonds. The molecule has 7 nitrogen and oxygen atoms in total. The molecule has 0 aromatic carbocycles. The number of hydrogen-bond donors (Lipinski definition) is 1. The molecule has 2 aliphatic heterocycles. The Hall–Kier alpha value is -1.38. The fraction of sp³-hybridized carbons (Fsp3) is 0.722. The normalized spacial score (nSPS) is 21.5. The highest BCUT2D eigenvalue weighted by atomic mass is 32.2. The number of aromatic nitrogens is 5. The van der Waals surface area contributed by atoms with E-state index in [-0.39, 0.29) is 0 Å². The minimum atomic E-state index is 0.296. The molecule has 0 unspecified atom stereocenters. The Kier molecular flexibility index (Phi) is 5.91. The van der Waals surface area contributed by atoms with Crippen molar-refractivity contribution in [3.8, 4) is 0 Å². The van der Waals surface area contributed by atoms with Gasteiger partial charge in [0.05, 0.1) is 18.3 Å². The summed E-state index contributed by atoms with van der Waals surface area (Å²) >= 11 is 1.73. The van der Waals surface area contributed by atoms with Crippen molar-refractivity contribution in [2.45, 2.75) is 68.6 Å². The maximum Gasteiger partial charge on any atom is 0.191 e. The Balaban J connectivity index is 1.50. The molecular formula is C18H28N6OS. The minimum Gasteiger partial charge on any atom is -0.376 e. The van der Waals surface area contributed by atoms with E-state index in [0.29, 0.717) is 12.0 Å². The summed E-state index contributed by atoms with van der Waals surface area (Å²) in [4.78, 5) is 0. The van der Waals surface area contributed by atoms with Crippen molar-refractivity contribution in [3.05, 3.63) is 23.8 Å². The van der Waals surface area contributed by atoms with Gasteiger partial charge in [-0.15, -0.1) is 10.2 Å². The van der Waals surface area contributed by atoms with Crippen molar-refractivity contribution in [1.82, 2.24) is 29.9 Å². The van der Waals surface area contributed by atoms with E-state index >= 15 is 0 Å². The highest BCUT2D eigenvalue weighted by Gasteiger charge is 2.26. The monoisotopic (exact) mass is 376 g/mol. The van der Waals surface area contributed by atoms with Crippen LogP contribution in [0.2, 0.25) is 0 Å². The maximum absolute atomic E-state index is 5.89. The summed E-state index contributed by atoms with van der Waals surface area (Å²) in [7, 11) is 0. The molecule has 0 radical (unpaired) electrons. The fourth-order valence-electron chi connectivity index (χ4n) is 3.75. The van der Waals surface area contributed by atoms with Crippen LogP contribution in [0, 0.1) is 0 Å². The van der Waals surface area contributed by atoms with Crippen LogP contribution >= 0.6 is 11.8 Å². The second-order valence-electron chi connectivity index (χ2n) is 7.06. The highest BCUT2D eigenvalue weighted by Crippen LogP contribution is 2.30. The van der Waals surface area contributed by atoms with Crippen molar-refractivity contribution in [3.63, 3.8) is 0 Å². The Labute approximate surface area is 158 Å². The molecule has 8 heteroatoms. The van der Waals surface area contributed by atoms with Crippen LogP contribution in [0.3, 0.4) is 0 Å². The average Bonchev–Trinajstić information content (AvgIpc) is 3.42. The molecule has 142 valence electrons. The Morgan fingerprint density at radius 2 is 2.15 bits per heavy atom. The fourth-order valence-corrected chi connectivity index (χ4v) is 4.60. The van der Waals surface area contributed by atoms with Crippen molar-refractivity contribution < 1.29 is 4.74 Å². The van der Waals surface area contributed by atoms with Gasteiger partial charge in [-0.2, -0.15) is 5.10 Å². The van der Waals surface area contributed by atoms with Crippen molar-refractivity contribution in [2.24, 2.45) is 0 Å². The molecule has 0 aliphatic carbocycles. The van der Waals surface area contributed by atoms with Crippen LogP contribution in [0.4, 0.5) is 0 Å². The predicted octanol–water partition coefficient (Wildman–Crippen LogP) is 2.43. The first-order valence-corrected chi connectivity index (χ1v) is 10.7. The van der Waals surface area contributed by atoms with Gasteiger partial charge >= 0.3 is 0 Å². The predicted molar refractivity (Wildman–Crippen MR) is 101 cm³/mol. The molecule has 2 aliphatic rings. The molecule has 2 aromatic rings. The van der Waals surface area contributed by atoms with Crippen molar-refractivity contribution >= 4 is 11.8 Å². The molecule has 0 spiro atoms. The van der Waals surface area contributed by atoms with Gasteiger partial charge in [-0.25, -0.2) is 0 Å². The van der Waals surface area contributed by atoms with Crippen molar-refractivity contribution in [1.29, 1.82) is 0 Å². The Bertz CT molecular complexity index is 702. The summed E-state index contributed by atoms with van der Waals surface area (Å²) in [6.07, 6.45) is 6.89. The number of piperidine rings is 1. The molecule has 2 fully saturated rings. The first-order chi connectivity index (χ1) is 12.8. The van der Waals surface area contributed by atoms with Crippen LogP contribution in [0.25, 0.3) is 0 Å². The zero-order chi connectivity index (χ0) is 17.8. The molecule has 2 saturated heterocycles.